The second-order valence-electron chi connectivity index (χ2n) is 8.22. The molecule has 4 heterocycles. The normalized spacial score (nSPS) is 15.9. The van der Waals surface area contributed by atoms with Crippen molar-refractivity contribution in [3.05, 3.63) is 47.9 Å². The van der Waals surface area contributed by atoms with Gasteiger partial charge in [0.05, 0.1) is 17.3 Å². The van der Waals surface area contributed by atoms with Gasteiger partial charge in [-0.05, 0) is 69.0 Å². The predicted octanol–water partition coefficient (Wildman–Crippen LogP) is 5.56. The van der Waals surface area contributed by atoms with Crippen molar-refractivity contribution in [2.24, 2.45) is 5.92 Å². The highest BCUT2D eigenvalue weighted by atomic mass is 19.4. The van der Waals surface area contributed by atoms with E-state index in [9.17, 15) is 13.2 Å². The highest BCUT2D eigenvalue weighted by Gasteiger charge is 2.38. The van der Waals surface area contributed by atoms with E-state index >= 15 is 0 Å². The summed E-state index contributed by atoms with van der Waals surface area (Å²) in [7, 11) is 0. The third-order valence-corrected chi connectivity index (χ3v) is 6.06. The van der Waals surface area contributed by atoms with Crippen LogP contribution in [0.5, 0.6) is 0 Å². The van der Waals surface area contributed by atoms with Crippen molar-refractivity contribution in [1.82, 2.24) is 19.9 Å². The molecular weight excluding hydrogens is 405 g/mol. The molecule has 8 heteroatoms. The number of aromatic nitrogens is 3. The number of aryl methyl sites for hydroxylation is 2. The van der Waals surface area contributed by atoms with Gasteiger partial charge in [-0.2, -0.15) is 13.2 Å². The summed E-state index contributed by atoms with van der Waals surface area (Å²) >= 11 is 0. The summed E-state index contributed by atoms with van der Waals surface area (Å²) in [6, 6.07) is 8.88. The first kappa shape index (κ1) is 20.1. The number of hydrogen-bond donors (Lipinski definition) is 1. The van der Waals surface area contributed by atoms with Gasteiger partial charge in [-0.25, -0.2) is 9.97 Å². The third-order valence-electron chi connectivity index (χ3n) is 6.06. The zero-order valence-corrected chi connectivity index (χ0v) is 17.2. The molecule has 0 bridgehead atoms. The third kappa shape index (κ3) is 3.69. The lowest BCUT2D eigenvalue weighted by Gasteiger charge is -2.23. The number of furan rings is 1. The zero-order chi connectivity index (χ0) is 21.6. The van der Waals surface area contributed by atoms with Gasteiger partial charge in [-0.1, -0.05) is 12.1 Å². The minimum Gasteiger partial charge on any atom is -0.461 e. The van der Waals surface area contributed by atoms with E-state index in [-0.39, 0.29) is 5.52 Å². The Morgan fingerprint density at radius 3 is 2.68 bits per heavy atom. The Labute approximate surface area is 177 Å². The number of alkyl halides is 3. The Kier molecular flexibility index (Phi) is 4.97. The predicted molar refractivity (Wildman–Crippen MR) is 113 cm³/mol. The van der Waals surface area contributed by atoms with Gasteiger partial charge in [0, 0.05) is 11.9 Å². The van der Waals surface area contributed by atoms with Gasteiger partial charge in [0.25, 0.3) is 0 Å². The van der Waals surface area contributed by atoms with Crippen LogP contribution in [-0.4, -0.2) is 27.6 Å². The van der Waals surface area contributed by atoms with Crippen molar-refractivity contribution in [2.45, 2.75) is 38.9 Å². The van der Waals surface area contributed by atoms with Gasteiger partial charge in [0.15, 0.2) is 17.3 Å². The first-order valence-electron chi connectivity index (χ1n) is 10.5. The minimum atomic E-state index is -4.61. The Morgan fingerprint density at radius 1 is 1.16 bits per heavy atom. The van der Waals surface area contributed by atoms with Crippen molar-refractivity contribution in [3.8, 4) is 11.6 Å². The summed E-state index contributed by atoms with van der Waals surface area (Å²) in [4.78, 5) is 8.41. The molecule has 31 heavy (non-hydrogen) atoms. The molecule has 1 aliphatic heterocycles. The van der Waals surface area contributed by atoms with Crippen LogP contribution in [0.2, 0.25) is 0 Å². The Balaban J connectivity index is 1.75. The Hall–Kier alpha value is -2.87. The lowest BCUT2D eigenvalue weighted by atomic mass is 9.94. The molecule has 5 nitrogen and oxygen atoms in total. The van der Waals surface area contributed by atoms with E-state index in [1.54, 1.807) is 18.2 Å². The molecule has 1 N–H and O–H groups in total. The molecule has 1 saturated heterocycles. The van der Waals surface area contributed by atoms with E-state index in [0.29, 0.717) is 40.5 Å². The minimum absolute atomic E-state index is 0.124. The number of halogens is 3. The fourth-order valence-electron chi connectivity index (χ4n) is 4.49. The number of hydrogen-bond acceptors (Lipinski definition) is 4. The molecule has 0 spiro atoms. The molecule has 0 atom stereocenters. The summed E-state index contributed by atoms with van der Waals surface area (Å²) in [6.45, 7) is 4.37. The van der Waals surface area contributed by atoms with Gasteiger partial charge >= 0.3 is 6.18 Å². The van der Waals surface area contributed by atoms with Crippen LogP contribution < -0.4 is 5.32 Å². The average Bonchev–Trinajstić information content (AvgIpc) is 3.39. The van der Waals surface area contributed by atoms with E-state index in [0.717, 1.165) is 37.9 Å². The summed E-state index contributed by atoms with van der Waals surface area (Å²) < 4.78 is 49.3. The standard InChI is InChI=1S/C23H23F3N4O/c1-14-4-5-16-17(13-14)28-21(23(24,25)26)19-20(16)30(11-8-15-6-9-27-10-7-15)22(29-19)18-3-2-12-31-18/h2-5,12-13,15,27H,6-11H2,1H3. The van der Waals surface area contributed by atoms with Gasteiger partial charge in [0.1, 0.15) is 5.52 Å². The lowest BCUT2D eigenvalue weighted by Crippen LogP contribution is -2.28. The lowest BCUT2D eigenvalue weighted by molar-refractivity contribution is -0.139. The Bertz CT molecular complexity index is 1220. The largest absolute Gasteiger partial charge is 0.461 e. The van der Waals surface area contributed by atoms with Gasteiger partial charge in [-0.15, -0.1) is 0 Å². The van der Waals surface area contributed by atoms with Gasteiger partial charge in [-0.3, -0.25) is 0 Å². The van der Waals surface area contributed by atoms with Crippen molar-refractivity contribution in [3.63, 3.8) is 0 Å². The van der Waals surface area contributed by atoms with Crippen LogP contribution in [-0.2, 0) is 12.7 Å². The highest BCUT2D eigenvalue weighted by molar-refractivity contribution is 6.05. The molecule has 3 aromatic heterocycles. The van der Waals surface area contributed by atoms with E-state index in [1.807, 2.05) is 23.6 Å². The smallest absolute Gasteiger partial charge is 0.435 e. The first-order valence-corrected chi connectivity index (χ1v) is 10.5. The van der Waals surface area contributed by atoms with E-state index < -0.39 is 11.9 Å². The zero-order valence-electron chi connectivity index (χ0n) is 17.2. The maximum Gasteiger partial charge on any atom is 0.435 e. The van der Waals surface area contributed by atoms with Crippen molar-refractivity contribution >= 4 is 21.9 Å². The summed E-state index contributed by atoms with van der Waals surface area (Å²) in [6.07, 6.45) is -0.0883. The maximum atomic E-state index is 14.0. The molecule has 0 aliphatic carbocycles. The molecule has 0 unspecified atom stereocenters. The summed E-state index contributed by atoms with van der Waals surface area (Å²) in [5, 5.41) is 4.03. The topological polar surface area (TPSA) is 55.9 Å². The molecule has 1 fully saturated rings. The van der Waals surface area contributed by atoms with Crippen LogP contribution in [0.25, 0.3) is 33.5 Å². The number of pyridine rings is 1. The van der Waals surface area contributed by atoms with Crippen LogP contribution in [0, 0.1) is 12.8 Å². The molecule has 5 rings (SSSR count). The number of rotatable bonds is 4. The molecule has 1 aliphatic rings. The van der Waals surface area contributed by atoms with Crippen LogP contribution in [0.3, 0.4) is 0 Å². The molecule has 0 saturated carbocycles. The number of nitrogens with one attached hydrogen (secondary N) is 1. The Morgan fingerprint density at radius 2 is 1.97 bits per heavy atom. The first-order chi connectivity index (χ1) is 14.9. The fourth-order valence-corrected chi connectivity index (χ4v) is 4.49. The molecular formula is C23H23F3N4O. The SMILES string of the molecule is Cc1ccc2c(c1)nc(C(F)(F)F)c1nc(-c3ccco3)n(CCC3CCNCC3)c12. The van der Waals surface area contributed by atoms with Crippen molar-refractivity contribution in [1.29, 1.82) is 0 Å². The van der Waals surface area contributed by atoms with Crippen LogP contribution in [0.1, 0.15) is 30.5 Å². The number of fused-ring (bicyclic) bond motifs is 3. The monoisotopic (exact) mass is 428 g/mol. The average molecular weight is 428 g/mol. The molecule has 0 radical (unpaired) electrons. The van der Waals surface area contributed by atoms with Crippen LogP contribution in [0.15, 0.2) is 41.0 Å². The molecule has 0 amide bonds. The van der Waals surface area contributed by atoms with E-state index in [2.05, 4.69) is 15.3 Å². The quantitative estimate of drug-likeness (QED) is 0.462. The highest BCUT2D eigenvalue weighted by Crippen LogP contribution is 2.39. The van der Waals surface area contributed by atoms with Crippen molar-refractivity contribution < 1.29 is 17.6 Å². The summed E-state index contributed by atoms with van der Waals surface area (Å²) in [5.74, 6) is 1.39. The van der Waals surface area contributed by atoms with E-state index in [1.165, 1.54) is 6.26 Å². The van der Waals surface area contributed by atoms with Gasteiger partial charge in [0.2, 0.25) is 0 Å². The number of imidazole rings is 1. The van der Waals surface area contributed by atoms with E-state index in [4.69, 9.17) is 4.42 Å². The van der Waals surface area contributed by atoms with Crippen LogP contribution in [0.4, 0.5) is 13.2 Å². The number of benzene rings is 1. The molecule has 162 valence electrons. The second-order valence-corrected chi connectivity index (χ2v) is 8.22. The summed E-state index contributed by atoms with van der Waals surface area (Å²) in [5.41, 5.74) is 0.584. The number of piperidine rings is 1. The molecule has 4 aromatic rings. The second kappa shape index (κ2) is 7.67. The van der Waals surface area contributed by atoms with Gasteiger partial charge < -0.3 is 14.3 Å². The molecule has 1 aromatic carbocycles. The number of nitrogens with zero attached hydrogens (tertiary/aromatic N) is 3. The van der Waals surface area contributed by atoms with Crippen molar-refractivity contribution in [2.75, 3.05) is 13.1 Å². The maximum absolute atomic E-state index is 14.0. The van der Waals surface area contributed by atoms with Crippen LogP contribution >= 0.6 is 0 Å². The fraction of sp³-hybridized carbons (Fsp3) is 0.391.